The first-order valence-electron chi connectivity index (χ1n) is 6.80. The van der Waals surface area contributed by atoms with Crippen LogP contribution in [0.4, 0.5) is 17.3 Å². The van der Waals surface area contributed by atoms with E-state index in [1.165, 1.54) is 12.1 Å². The fraction of sp³-hybridized carbons (Fsp3) is 0.538. The Hall–Kier alpha value is -2.38. The van der Waals surface area contributed by atoms with E-state index in [1.54, 1.807) is 6.92 Å². The van der Waals surface area contributed by atoms with Crippen LogP contribution in [0.2, 0.25) is 0 Å². The minimum Gasteiger partial charge on any atom is -0.370 e. The van der Waals surface area contributed by atoms with Crippen molar-refractivity contribution in [2.24, 2.45) is 0 Å². The lowest BCUT2D eigenvalue weighted by molar-refractivity contribution is -0.384. The van der Waals surface area contributed by atoms with Gasteiger partial charge in [0.2, 0.25) is 5.91 Å². The summed E-state index contributed by atoms with van der Waals surface area (Å²) in [6, 6.07) is 2.14. The van der Waals surface area contributed by atoms with Gasteiger partial charge in [-0.1, -0.05) is 0 Å². The average Bonchev–Trinajstić information content (AvgIpc) is 2.37. The Bertz CT molecular complexity index is 519. The highest BCUT2D eigenvalue weighted by Crippen LogP contribution is 2.21. The summed E-state index contributed by atoms with van der Waals surface area (Å²) in [5, 5.41) is 19.5. The number of nitrogens with one attached hydrogen (secondary N) is 3. The molecule has 8 heteroatoms. The number of rotatable bonds is 7. The minimum absolute atomic E-state index is 0.0251. The van der Waals surface area contributed by atoms with Gasteiger partial charge in [-0.05, 0) is 27.7 Å². The molecule has 8 nitrogen and oxygen atoms in total. The van der Waals surface area contributed by atoms with Gasteiger partial charge >= 0.3 is 0 Å². The van der Waals surface area contributed by atoms with Gasteiger partial charge in [-0.25, -0.2) is 4.98 Å². The van der Waals surface area contributed by atoms with E-state index in [2.05, 4.69) is 20.9 Å². The lowest BCUT2D eigenvalue weighted by atomic mass is 10.2. The summed E-state index contributed by atoms with van der Waals surface area (Å²) >= 11 is 0. The summed E-state index contributed by atoms with van der Waals surface area (Å²) in [5.74, 6) is 0.487. The highest BCUT2D eigenvalue weighted by molar-refractivity contribution is 5.84. The van der Waals surface area contributed by atoms with Crippen molar-refractivity contribution in [3.63, 3.8) is 0 Å². The molecule has 0 bridgehead atoms. The van der Waals surface area contributed by atoms with Crippen LogP contribution in [-0.2, 0) is 4.79 Å². The Morgan fingerprint density at radius 1 is 1.33 bits per heavy atom. The molecular formula is C13H21N5O3. The van der Waals surface area contributed by atoms with Crippen LogP contribution in [0.15, 0.2) is 12.1 Å². The van der Waals surface area contributed by atoms with Crippen molar-refractivity contribution < 1.29 is 9.72 Å². The summed E-state index contributed by atoms with van der Waals surface area (Å²) in [6.07, 6.45) is 0. The zero-order chi connectivity index (χ0) is 16.0. The van der Waals surface area contributed by atoms with Crippen LogP contribution in [0.3, 0.4) is 0 Å². The molecule has 1 aromatic heterocycles. The molecule has 116 valence electrons. The van der Waals surface area contributed by atoms with Gasteiger partial charge in [0.1, 0.15) is 17.7 Å². The monoisotopic (exact) mass is 295 g/mol. The summed E-state index contributed by atoms with van der Waals surface area (Å²) < 4.78 is 0. The quantitative estimate of drug-likeness (QED) is 0.522. The third kappa shape index (κ3) is 5.25. The molecule has 0 saturated heterocycles. The Balaban J connectivity index is 2.91. The van der Waals surface area contributed by atoms with Crippen LogP contribution in [0.1, 0.15) is 27.7 Å². The second-order valence-corrected chi connectivity index (χ2v) is 4.91. The van der Waals surface area contributed by atoms with Crippen molar-refractivity contribution in [2.75, 3.05) is 17.2 Å². The average molecular weight is 295 g/mol. The highest BCUT2D eigenvalue weighted by Gasteiger charge is 2.17. The number of hydrogen-bond acceptors (Lipinski definition) is 6. The van der Waals surface area contributed by atoms with Crippen molar-refractivity contribution in [1.82, 2.24) is 10.3 Å². The van der Waals surface area contributed by atoms with Crippen LogP contribution in [0.5, 0.6) is 0 Å². The Kier molecular flexibility index (Phi) is 5.89. The maximum atomic E-state index is 11.8. The van der Waals surface area contributed by atoms with Gasteiger partial charge in [-0.2, -0.15) is 0 Å². The fourth-order valence-corrected chi connectivity index (χ4v) is 1.66. The molecule has 1 rings (SSSR count). The number of aromatic nitrogens is 1. The van der Waals surface area contributed by atoms with Gasteiger partial charge in [-0.15, -0.1) is 0 Å². The summed E-state index contributed by atoms with van der Waals surface area (Å²) in [6.45, 7) is 7.85. The molecule has 1 aromatic rings. The molecule has 0 aliphatic carbocycles. The molecule has 0 aliphatic rings. The van der Waals surface area contributed by atoms with Gasteiger partial charge < -0.3 is 16.0 Å². The van der Waals surface area contributed by atoms with E-state index in [-0.39, 0.29) is 23.5 Å². The molecular weight excluding hydrogens is 274 g/mol. The molecule has 0 radical (unpaired) electrons. The molecule has 0 fully saturated rings. The number of nitro groups is 1. The van der Waals surface area contributed by atoms with Crippen molar-refractivity contribution in [3.8, 4) is 0 Å². The van der Waals surface area contributed by atoms with Crippen molar-refractivity contribution in [2.45, 2.75) is 39.8 Å². The van der Waals surface area contributed by atoms with E-state index >= 15 is 0 Å². The predicted molar refractivity (Wildman–Crippen MR) is 81.4 cm³/mol. The summed E-state index contributed by atoms with van der Waals surface area (Å²) in [7, 11) is 0. The number of anilines is 2. The smallest absolute Gasteiger partial charge is 0.276 e. The first-order valence-corrected chi connectivity index (χ1v) is 6.80. The molecule has 1 heterocycles. The van der Waals surface area contributed by atoms with E-state index < -0.39 is 11.0 Å². The second kappa shape index (κ2) is 7.41. The molecule has 3 N–H and O–H groups in total. The minimum atomic E-state index is -0.545. The number of pyridine rings is 1. The molecule has 0 aliphatic heterocycles. The second-order valence-electron chi connectivity index (χ2n) is 4.91. The zero-order valence-corrected chi connectivity index (χ0v) is 12.6. The van der Waals surface area contributed by atoms with Crippen molar-refractivity contribution in [3.05, 3.63) is 22.2 Å². The van der Waals surface area contributed by atoms with Crippen LogP contribution in [0, 0.1) is 10.1 Å². The van der Waals surface area contributed by atoms with Gasteiger partial charge in [0.05, 0.1) is 17.1 Å². The van der Waals surface area contributed by atoms with Crippen molar-refractivity contribution >= 4 is 23.2 Å². The maximum absolute atomic E-state index is 11.8. The van der Waals surface area contributed by atoms with Crippen LogP contribution >= 0.6 is 0 Å². The molecule has 0 spiro atoms. The van der Waals surface area contributed by atoms with Gasteiger partial charge in [0.15, 0.2) is 0 Å². The highest BCUT2D eigenvalue weighted by atomic mass is 16.6. The molecule has 1 atom stereocenters. The largest absolute Gasteiger partial charge is 0.370 e. The standard InChI is InChI=1S/C13H21N5O3/c1-5-14-11-6-10(18(20)21)7-12(17-11)16-9(4)13(19)15-8(2)3/h6-9H,5H2,1-4H3,(H,15,19)(H2,14,16,17). The first-order chi connectivity index (χ1) is 9.83. The Morgan fingerprint density at radius 2 is 1.95 bits per heavy atom. The lowest BCUT2D eigenvalue weighted by Gasteiger charge is -2.17. The van der Waals surface area contributed by atoms with Gasteiger partial charge in [0.25, 0.3) is 5.69 Å². The summed E-state index contributed by atoms with van der Waals surface area (Å²) in [5.41, 5.74) is -0.0834. The number of carbonyl (C=O) groups excluding carboxylic acids is 1. The van der Waals surface area contributed by atoms with E-state index in [0.717, 1.165) is 0 Å². The van der Waals surface area contributed by atoms with Crippen LogP contribution < -0.4 is 16.0 Å². The van der Waals surface area contributed by atoms with E-state index in [0.29, 0.717) is 12.4 Å². The van der Waals surface area contributed by atoms with E-state index in [9.17, 15) is 14.9 Å². The third-order valence-electron chi connectivity index (χ3n) is 2.57. The van der Waals surface area contributed by atoms with Gasteiger partial charge in [0, 0.05) is 12.6 Å². The van der Waals surface area contributed by atoms with Crippen LogP contribution in [-0.4, -0.2) is 34.4 Å². The Morgan fingerprint density at radius 3 is 2.48 bits per heavy atom. The predicted octanol–water partition coefficient (Wildman–Crippen LogP) is 1.75. The number of nitrogens with zero attached hydrogens (tertiary/aromatic N) is 2. The van der Waals surface area contributed by atoms with E-state index in [4.69, 9.17) is 0 Å². The zero-order valence-electron chi connectivity index (χ0n) is 12.6. The lowest BCUT2D eigenvalue weighted by Crippen LogP contribution is -2.41. The van der Waals surface area contributed by atoms with E-state index in [1.807, 2.05) is 20.8 Å². The fourth-order valence-electron chi connectivity index (χ4n) is 1.66. The number of amides is 1. The number of hydrogen-bond donors (Lipinski definition) is 3. The van der Waals surface area contributed by atoms with Crippen molar-refractivity contribution in [1.29, 1.82) is 0 Å². The van der Waals surface area contributed by atoms with Gasteiger partial charge in [-0.3, -0.25) is 14.9 Å². The SMILES string of the molecule is CCNc1cc([N+](=O)[O-])cc(NC(C)C(=O)NC(C)C)n1. The summed E-state index contributed by atoms with van der Waals surface area (Å²) in [4.78, 5) is 26.5. The van der Waals surface area contributed by atoms with Crippen LogP contribution in [0.25, 0.3) is 0 Å². The maximum Gasteiger partial charge on any atom is 0.276 e. The topological polar surface area (TPSA) is 109 Å². The first kappa shape index (κ1) is 16.7. The molecule has 21 heavy (non-hydrogen) atoms. The third-order valence-corrected chi connectivity index (χ3v) is 2.57. The molecule has 1 unspecified atom stereocenters. The molecule has 0 saturated carbocycles. The normalized spacial score (nSPS) is 11.9. The Labute approximate surface area is 123 Å². The number of carbonyl (C=O) groups is 1. The molecule has 0 aromatic carbocycles. The molecule has 1 amide bonds.